The van der Waals surface area contributed by atoms with Crippen LogP contribution in [-0.4, -0.2) is 36.4 Å². The Balaban J connectivity index is 3.52. The molecule has 1 unspecified atom stereocenters. The molecule has 0 heterocycles. The summed E-state index contributed by atoms with van der Waals surface area (Å²) in [7, 11) is 0. The quantitative estimate of drug-likeness (QED) is 0.0373. The number of allylic oxidation sites excluding steroid dienone is 26. The van der Waals surface area contributed by atoms with Crippen molar-refractivity contribution >= 4 is 11.9 Å². The highest BCUT2D eigenvalue weighted by Crippen LogP contribution is 2.17. The van der Waals surface area contributed by atoms with Crippen LogP contribution in [0.5, 0.6) is 0 Å². The Hall–Kier alpha value is -4.48. The molecule has 0 bridgehead atoms. The van der Waals surface area contributed by atoms with Crippen LogP contribution < -0.4 is 0 Å². The van der Waals surface area contributed by atoms with Gasteiger partial charge in [-0.1, -0.05) is 332 Å². The fourth-order valence-corrected chi connectivity index (χ4v) is 9.66. The Morgan fingerprint density at radius 2 is 0.476 bits per heavy atom. The maximum atomic E-state index is 12.3. The van der Waals surface area contributed by atoms with E-state index in [1.54, 1.807) is 0 Å². The molecule has 0 saturated heterocycles. The van der Waals surface area contributed by atoms with E-state index >= 15 is 0 Å². The first-order valence-electron chi connectivity index (χ1n) is 35.0. The molecule has 0 spiro atoms. The number of rotatable bonds is 63. The van der Waals surface area contributed by atoms with Gasteiger partial charge >= 0.3 is 11.9 Å². The second-order valence-corrected chi connectivity index (χ2v) is 22.8. The first kappa shape index (κ1) is 79.5. The Morgan fingerprint density at radius 1 is 0.274 bits per heavy atom. The topological polar surface area (TPSA) is 72.8 Å². The van der Waals surface area contributed by atoms with Gasteiger partial charge in [-0.05, 0) is 122 Å². The number of ether oxygens (including phenoxy) is 2. The second-order valence-electron chi connectivity index (χ2n) is 22.8. The summed E-state index contributed by atoms with van der Waals surface area (Å²) < 4.78 is 10.7. The highest BCUT2D eigenvalue weighted by Gasteiger charge is 2.16. The molecule has 0 fully saturated rings. The number of aliphatic hydroxyl groups is 1. The zero-order valence-electron chi connectivity index (χ0n) is 54.6. The number of carbonyl (C=O) groups excluding carboxylic acids is 2. The Labute approximate surface area is 520 Å². The van der Waals surface area contributed by atoms with Gasteiger partial charge in [-0.15, -0.1) is 0 Å². The van der Waals surface area contributed by atoms with Crippen molar-refractivity contribution in [2.45, 2.75) is 315 Å². The minimum atomic E-state index is -0.801. The van der Waals surface area contributed by atoms with Gasteiger partial charge in [0.05, 0.1) is 6.61 Å². The molecule has 1 atom stereocenters. The Bertz CT molecular complexity index is 1790. The Morgan fingerprint density at radius 3 is 0.726 bits per heavy atom. The molecule has 476 valence electrons. The average molecular weight is 1160 g/mol. The zero-order chi connectivity index (χ0) is 60.5. The maximum Gasteiger partial charge on any atom is 0.306 e. The van der Waals surface area contributed by atoms with Gasteiger partial charge in [0.2, 0.25) is 0 Å². The van der Waals surface area contributed by atoms with Crippen LogP contribution in [-0.2, 0) is 19.1 Å². The number of unbranched alkanes of at least 4 members (excludes halogenated alkanes) is 29. The lowest BCUT2D eigenvalue weighted by Crippen LogP contribution is -2.28. The van der Waals surface area contributed by atoms with Gasteiger partial charge in [-0.2, -0.15) is 0 Å². The van der Waals surface area contributed by atoms with Crippen LogP contribution in [0.15, 0.2) is 158 Å². The van der Waals surface area contributed by atoms with E-state index in [4.69, 9.17) is 9.47 Å². The molecule has 0 aromatic rings. The third-order valence-electron chi connectivity index (χ3n) is 14.8. The fourth-order valence-electron chi connectivity index (χ4n) is 9.66. The van der Waals surface area contributed by atoms with E-state index in [0.29, 0.717) is 12.8 Å². The van der Waals surface area contributed by atoms with Crippen LogP contribution in [0.25, 0.3) is 0 Å². The van der Waals surface area contributed by atoms with E-state index in [-0.39, 0.29) is 25.2 Å². The highest BCUT2D eigenvalue weighted by atomic mass is 16.6. The van der Waals surface area contributed by atoms with Crippen LogP contribution in [0.3, 0.4) is 0 Å². The summed E-state index contributed by atoms with van der Waals surface area (Å²) in [5.74, 6) is -0.628. The molecule has 0 aromatic carbocycles. The number of carbonyl (C=O) groups is 2. The van der Waals surface area contributed by atoms with Crippen LogP contribution >= 0.6 is 0 Å². The van der Waals surface area contributed by atoms with Gasteiger partial charge < -0.3 is 14.6 Å². The molecule has 0 amide bonds. The average Bonchev–Trinajstić information content (AvgIpc) is 3.51. The molecule has 0 aliphatic heterocycles. The van der Waals surface area contributed by atoms with Gasteiger partial charge in [0, 0.05) is 12.8 Å². The van der Waals surface area contributed by atoms with Crippen LogP contribution in [0.4, 0.5) is 0 Å². The first-order chi connectivity index (χ1) is 41.6. The third-order valence-corrected chi connectivity index (χ3v) is 14.8. The van der Waals surface area contributed by atoms with E-state index in [9.17, 15) is 14.7 Å². The number of aliphatic hydroxyl groups excluding tert-OH is 1. The molecule has 0 radical (unpaired) electrons. The predicted octanol–water partition coefficient (Wildman–Crippen LogP) is 24.6. The lowest BCUT2D eigenvalue weighted by molar-refractivity contribution is -0.161. The lowest BCUT2D eigenvalue weighted by atomic mass is 10.0. The first-order valence-corrected chi connectivity index (χ1v) is 35.0. The molecular weight excluding hydrogens is 1030 g/mol. The van der Waals surface area contributed by atoms with E-state index < -0.39 is 6.10 Å². The van der Waals surface area contributed by atoms with Crippen molar-refractivity contribution in [2.75, 3.05) is 13.2 Å². The van der Waals surface area contributed by atoms with Crippen molar-refractivity contribution in [3.8, 4) is 0 Å². The summed E-state index contributed by atoms with van der Waals surface area (Å²) in [6, 6.07) is 0. The normalized spacial score (nSPS) is 13.2. The summed E-state index contributed by atoms with van der Waals surface area (Å²) in [4.78, 5) is 24.6. The van der Waals surface area contributed by atoms with Gasteiger partial charge in [0.15, 0.2) is 6.10 Å². The molecule has 5 nitrogen and oxygen atoms in total. The maximum absolute atomic E-state index is 12.3. The van der Waals surface area contributed by atoms with Crippen LogP contribution in [0, 0.1) is 0 Å². The van der Waals surface area contributed by atoms with Crippen molar-refractivity contribution in [3.63, 3.8) is 0 Å². The summed E-state index contributed by atoms with van der Waals surface area (Å²) in [6.07, 6.45) is 111. The number of hydrogen-bond acceptors (Lipinski definition) is 5. The smallest absolute Gasteiger partial charge is 0.306 e. The van der Waals surface area contributed by atoms with Gasteiger partial charge in [0.1, 0.15) is 6.61 Å². The third kappa shape index (κ3) is 70.0. The van der Waals surface area contributed by atoms with Crippen LogP contribution in [0.1, 0.15) is 309 Å². The molecule has 0 aromatic heterocycles. The predicted molar refractivity (Wildman–Crippen MR) is 370 cm³/mol. The van der Waals surface area contributed by atoms with Crippen molar-refractivity contribution in [1.82, 2.24) is 0 Å². The molecule has 1 N–H and O–H groups in total. The molecule has 0 saturated carbocycles. The van der Waals surface area contributed by atoms with Crippen molar-refractivity contribution in [3.05, 3.63) is 158 Å². The van der Waals surface area contributed by atoms with E-state index in [1.165, 1.54) is 154 Å². The second kappa shape index (κ2) is 72.8. The molecule has 5 heteroatoms. The standard InChI is InChI=1S/C79H130O5/c1-3-5-7-9-11-13-15-17-19-21-23-25-27-29-31-33-35-36-37-38-39-40-41-42-44-45-47-49-51-53-55-57-59-61-63-65-67-69-71-73-78(81)83-76-77(75-80)84-79(82)74-72-70-68-66-64-62-60-58-56-54-52-50-48-46-43-34-32-30-28-26-24-22-20-18-16-14-12-10-8-6-4-2/h5-8,11-14,17-20,23-26,30,32,43,46,50,52,56,58,62,64,77,80H,3-4,9-10,15-16,21-22,27-29,31,33-42,44-45,47-49,51,53-55,57,59-61,63,65-76H2,1-2H3/b7-5-,8-6-,13-11-,14-12-,19-17-,20-18-,25-23-,26-24-,32-30-,46-43-,52-50-,58-56-,64-62-. The summed E-state index contributed by atoms with van der Waals surface area (Å²) in [6.45, 7) is 3.90. The van der Waals surface area contributed by atoms with Crippen molar-refractivity contribution in [2.24, 2.45) is 0 Å². The molecule has 0 aliphatic rings. The van der Waals surface area contributed by atoms with Gasteiger partial charge in [-0.25, -0.2) is 0 Å². The largest absolute Gasteiger partial charge is 0.462 e. The summed E-state index contributed by atoms with van der Waals surface area (Å²) in [5.41, 5.74) is 0. The van der Waals surface area contributed by atoms with Gasteiger partial charge in [-0.3, -0.25) is 9.59 Å². The monoisotopic (exact) mass is 1160 g/mol. The van der Waals surface area contributed by atoms with E-state index in [1.807, 2.05) is 0 Å². The Kier molecular flexibility index (Phi) is 68.9. The fraction of sp³-hybridized carbons (Fsp3) is 0.646. The van der Waals surface area contributed by atoms with E-state index in [0.717, 1.165) is 128 Å². The van der Waals surface area contributed by atoms with Crippen molar-refractivity contribution in [1.29, 1.82) is 0 Å². The zero-order valence-corrected chi connectivity index (χ0v) is 54.6. The molecular formula is C79H130O5. The molecule has 0 aliphatic carbocycles. The number of hydrogen-bond donors (Lipinski definition) is 1. The van der Waals surface area contributed by atoms with Crippen LogP contribution in [0.2, 0.25) is 0 Å². The SMILES string of the molecule is CC/C=C\C/C=C\C/C=C\C/C=C\C/C=C\C/C=C\C/C=C\C/C=C\C/C=C\CCCCCC(=O)OC(CO)COC(=O)CCCCCCCCCCCCCCCCCCCCCCCCCCCC/C=C\C/C=C\C/C=C\C/C=C\CC. The lowest BCUT2D eigenvalue weighted by Gasteiger charge is -2.15. The molecule has 0 rings (SSSR count). The molecule has 84 heavy (non-hydrogen) atoms. The van der Waals surface area contributed by atoms with Crippen molar-refractivity contribution < 1.29 is 24.2 Å². The number of esters is 2. The highest BCUT2D eigenvalue weighted by molar-refractivity contribution is 5.70. The van der Waals surface area contributed by atoms with E-state index in [2.05, 4.69) is 172 Å². The minimum Gasteiger partial charge on any atom is -0.462 e. The minimum absolute atomic E-state index is 0.0857. The summed E-state index contributed by atoms with van der Waals surface area (Å²) in [5, 5.41) is 9.69. The summed E-state index contributed by atoms with van der Waals surface area (Å²) >= 11 is 0. The van der Waals surface area contributed by atoms with Gasteiger partial charge in [0.25, 0.3) is 0 Å².